The molecule has 0 unspecified atom stereocenters. The second-order valence-corrected chi connectivity index (χ2v) is 8.32. The Kier molecular flexibility index (Phi) is 7.86. The quantitative estimate of drug-likeness (QED) is 0.464. The molecular weight excluding hydrogens is 328 g/mol. The summed E-state index contributed by atoms with van der Waals surface area (Å²) in [6.45, 7) is 4.49. The third-order valence-electron chi connectivity index (χ3n) is 6.33. The van der Waals surface area contributed by atoms with Crippen molar-refractivity contribution in [1.29, 1.82) is 0 Å². The van der Waals surface area contributed by atoms with Gasteiger partial charge < -0.3 is 0 Å². The summed E-state index contributed by atoms with van der Waals surface area (Å²) in [5.41, 5.74) is 4.14. The van der Waals surface area contributed by atoms with Crippen molar-refractivity contribution in [2.75, 3.05) is 0 Å². The van der Waals surface area contributed by atoms with Crippen molar-refractivity contribution < 1.29 is 0 Å². The molecule has 1 aromatic heterocycles. The van der Waals surface area contributed by atoms with Crippen LogP contribution in [0.25, 0.3) is 0 Å². The molecule has 0 spiro atoms. The molecule has 1 fully saturated rings. The van der Waals surface area contributed by atoms with E-state index in [-0.39, 0.29) is 0 Å². The van der Waals surface area contributed by atoms with Gasteiger partial charge in [0.2, 0.25) is 0 Å². The average molecular weight is 365 g/mol. The summed E-state index contributed by atoms with van der Waals surface area (Å²) < 4.78 is 0. The summed E-state index contributed by atoms with van der Waals surface area (Å²) in [5, 5.41) is 0. The zero-order valence-corrected chi connectivity index (χ0v) is 17.3. The largest absolute Gasteiger partial charge is 0.241 e. The van der Waals surface area contributed by atoms with E-state index in [0.717, 1.165) is 31.0 Å². The minimum Gasteiger partial charge on any atom is -0.241 e. The van der Waals surface area contributed by atoms with Crippen molar-refractivity contribution in [2.24, 2.45) is 5.92 Å². The second-order valence-electron chi connectivity index (χ2n) is 8.32. The highest BCUT2D eigenvalue weighted by molar-refractivity contribution is 5.23. The molecule has 27 heavy (non-hydrogen) atoms. The molecule has 1 aromatic carbocycles. The molecule has 3 rings (SSSR count). The van der Waals surface area contributed by atoms with Crippen LogP contribution < -0.4 is 0 Å². The van der Waals surface area contributed by atoms with Gasteiger partial charge in [-0.15, -0.1) is 0 Å². The summed E-state index contributed by atoms with van der Waals surface area (Å²) in [7, 11) is 0. The van der Waals surface area contributed by atoms with E-state index in [9.17, 15) is 0 Å². The highest BCUT2D eigenvalue weighted by Gasteiger charge is 2.22. The fraction of sp³-hybridized carbons (Fsp3) is 0.600. The summed E-state index contributed by atoms with van der Waals surface area (Å²) in [5.74, 6) is 2.63. The Morgan fingerprint density at radius 3 is 2.11 bits per heavy atom. The first-order chi connectivity index (χ1) is 13.3. The molecule has 0 amide bonds. The molecule has 1 saturated carbocycles. The van der Waals surface area contributed by atoms with Crippen LogP contribution >= 0.6 is 0 Å². The molecule has 2 heteroatoms. The van der Waals surface area contributed by atoms with E-state index in [2.05, 4.69) is 60.5 Å². The summed E-state index contributed by atoms with van der Waals surface area (Å²) >= 11 is 0. The number of aryl methyl sites for hydroxylation is 3. The van der Waals surface area contributed by atoms with Crippen LogP contribution in [0.5, 0.6) is 0 Å². The minimum absolute atomic E-state index is 0.683. The third kappa shape index (κ3) is 6.16. The first kappa shape index (κ1) is 20.0. The highest BCUT2D eigenvalue weighted by Crippen LogP contribution is 2.37. The Morgan fingerprint density at radius 1 is 0.815 bits per heavy atom. The van der Waals surface area contributed by atoms with Crippen molar-refractivity contribution in [3.05, 3.63) is 59.2 Å². The normalized spacial score (nSPS) is 19.9. The molecule has 1 aliphatic carbocycles. The van der Waals surface area contributed by atoms with E-state index >= 15 is 0 Å². The van der Waals surface area contributed by atoms with Gasteiger partial charge in [0.15, 0.2) is 0 Å². The van der Waals surface area contributed by atoms with Gasteiger partial charge in [-0.2, -0.15) is 0 Å². The lowest BCUT2D eigenvalue weighted by Gasteiger charge is -2.28. The maximum Gasteiger partial charge on any atom is 0.128 e. The van der Waals surface area contributed by atoms with E-state index < -0.39 is 0 Å². The van der Waals surface area contributed by atoms with Crippen LogP contribution in [-0.2, 0) is 19.3 Å². The van der Waals surface area contributed by atoms with Gasteiger partial charge in [-0.3, -0.25) is 0 Å². The average Bonchev–Trinajstić information content (AvgIpc) is 2.74. The summed E-state index contributed by atoms with van der Waals surface area (Å²) in [6.07, 6.45) is 18.3. The molecule has 0 atom stereocenters. The van der Waals surface area contributed by atoms with E-state index in [4.69, 9.17) is 0 Å². The number of unbranched alkanes of at least 4 members (excludes halogenated alkanes) is 2. The Hall–Kier alpha value is -1.70. The van der Waals surface area contributed by atoms with Gasteiger partial charge in [0.05, 0.1) is 0 Å². The lowest BCUT2D eigenvalue weighted by Crippen LogP contribution is -2.14. The van der Waals surface area contributed by atoms with Crippen LogP contribution in [0.3, 0.4) is 0 Å². The molecule has 1 heterocycles. The molecule has 0 aliphatic heterocycles. The predicted octanol–water partition coefficient (Wildman–Crippen LogP) is 6.68. The van der Waals surface area contributed by atoms with Crippen LogP contribution in [0.1, 0.15) is 93.6 Å². The Balaban J connectivity index is 1.44. The first-order valence-electron chi connectivity index (χ1n) is 11.2. The number of benzene rings is 1. The summed E-state index contributed by atoms with van der Waals surface area (Å²) in [6, 6.07) is 8.95. The van der Waals surface area contributed by atoms with Gasteiger partial charge in [-0.05, 0) is 67.1 Å². The SMILES string of the molecule is CCCCCC1CCC(c2cnc(CCc3ccc(CC)cc3)nc2)CC1. The zero-order chi connectivity index (χ0) is 18.9. The summed E-state index contributed by atoms with van der Waals surface area (Å²) in [4.78, 5) is 9.34. The fourth-order valence-corrected chi connectivity index (χ4v) is 4.37. The van der Waals surface area contributed by atoms with Gasteiger partial charge in [-0.1, -0.05) is 63.8 Å². The van der Waals surface area contributed by atoms with Gasteiger partial charge in [0.25, 0.3) is 0 Å². The van der Waals surface area contributed by atoms with Crippen molar-refractivity contribution in [3.63, 3.8) is 0 Å². The number of hydrogen-bond donors (Lipinski definition) is 0. The molecular formula is C25H36N2. The molecule has 146 valence electrons. The fourth-order valence-electron chi connectivity index (χ4n) is 4.37. The minimum atomic E-state index is 0.683. The Morgan fingerprint density at radius 2 is 1.48 bits per heavy atom. The number of rotatable bonds is 9. The predicted molar refractivity (Wildman–Crippen MR) is 114 cm³/mol. The van der Waals surface area contributed by atoms with Gasteiger partial charge in [0, 0.05) is 18.8 Å². The molecule has 0 N–H and O–H groups in total. The third-order valence-corrected chi connectivity index (χ3v) is 6.33. The van der Waals surface area contributed by atoms with Crippen LogP contribution in [0.4, 0.5) is 0 Å². The van der Waals surface area contributed by atoms with E-state index in [1.165, 1.54) is 68.1 Å². The monoisotopic (exact) mass is 364 g/mol. The van der Waals surface area contributed by atoms with Crippen LogP contribution in [0, 0.1) is 5.92 Å². The molecule has 2 aromatic rings. The number of aromatic nitrogens is 2. The molecule has 0 saturated heterocycles. The lowest BCUT2D eigenvalue weighted by atomic mass is 9.77. The lowest BCUT2D eigenvalue weighted by molar-refractivity contribution is 0.302. The highest BCUT2D eigenvalue weighted by atomic mass is 14.9. The maximum absolute atomic E-state index is 4.67. The Labute approximate surface area is 165 Å². The van der Waals surface area contributed by atoms with Crippen LogP contribution in [0.2, 0.25) is 0 Å². The molecule has 1 aliphatic rings. The van der Waals surface area contributed by atoms with E-state index in [1.807, 2.05) is 0 Å². The Bertz CT molecular complexity index is 652. The second kappa shape index (κ2) is 10.6. The van der Waals surface area contributed by atoms with E-state index in [1.54, 1.807) is 0 Å². The van der Waals surface area contributed by atoms with Crippen molar-refractivity contribution >= 4 is 0 Å². The first-order valence-corrected chi connectivity index (χ1v) is 11.2. The molecule has 0 bridgehead atoms. The smallest absolute Gasteiger partial charge is 0.128 e. The van der Waals surface area contributed by atoms with Crippen LogP contribution in [0.15, 0.2) is 36.7 Å². The van der Waals surface area contributed by atoms with Crippen LogP contribution in [-0.4, -0.2) is 9.97 Å². The van der Waals surface area contributed by atoms with Gasteiger partial charge >= 0.3 is 0 Å². The topological polar surface area (TPSA) is 25.8 Å². The van der Waals surface area contributed by atoms with Crippen molar-refractivity contribution in [1.82, 2.24) is 9.97 Å². The van der Waals surface area contributed by atoms with Gasteiger partial charge in [-0.25, -0.2) is 9.97 Å². The standard InChI is InChI=1S/C25H36N2/c1-3-5-6-7-21-12-15-23(16-13-21)24-18-26-25(27-19-24)17-14-22-10-8-20(4-2)9-11-22/h8-11,18-19,21,23H,3-7,12-17H2,1-2H3. The zero-order valence-electron chi connectivity index (χ0n) is 17.3. The molecule has 2 nitrogen and oxygen atoms in total. The number of nitrogens with zero attached hydrogens (tertiary/aromatic N) is 2. The van der Waals surface area contributed by atoms with E-state index in [0.29, 0.717) is 5.92 Å². The van der Waals surface area contributed by atoms with Gasteiger partial charge in [0.1, 0.15) is 5.82 Å². The van der Waals surface area contributed by atoms with Crippen molar-refractivity contribution in [3.8, 4) is 0 Å². The van der Waals surface area contributed by atoms with Crippen molar-refractivity contribution in [2.45, 2.75) is 90.4 Å². The maximum atomic E-state index is 4.67. The number of hydrogen-bond acceptors (Lipinski definition) is 2. The molecule has 0 radical (unpaired) electrons.